The van der Waals surface area contributed by atoms with E-state index in [1.54, 1.807) is 4.68 Å². The lowest BCUT2D eigenvalue weighted by Crippen LogP contribution is -2.15. The SMILES string of the molecule is Cn1cc(COc2ccc(Br)c(CNC3CC3)c2)cn1. The van der Waals surface area contributed by atoms with Crippen molar-refractivity contribution in [2.24, 2.45) is 7.05 Å². The molecule has 1 fully saturated rings. The summed E-state index contributed by atoms with van der Waals surface area (Å²) in [5.74, 6) is 0.893. The number of hydrogen-bond donors (Lipinski definition) is 1. The van der Waals surface area contributed by atoms with Gasteiger partial charge in [-0.1, -0.05) is 15.9 Å². The number of hydrogen-bond acceptors (Lipinski definition) is 3. The summed E-state index contributed by atoms with van der Waals surface area (Å²) < 4.78 is 8.73. The summed E-state index contributed by atoms with van der Waals surface area (Å²) >= 11 is 3.59. The van der Waals surface area contributed by atoms with Gasteiger partial charge in [0, 0.05) is 35.9 Å². The molecule has 4 nitrogen and oxygen atoms in total. The van der Waals surface area contributed by atoms with Crippen LogP contribution in [0.25, 0.3) is 0 Å². The van der Waals surface area contributed by atoms with E-state index in [9.17, 15) is 0 Å². The second kappa shape index (κ2) is 5.97. The van der Waals surface area contributed by atoms with E-state index in [0.29, 0.717) is 12.6 Å². The Labute approximate surface area is 127 Å². The number of aromatic nitrogens is 2. The summed E-state index contributed by atoms with van der Waals surface area (Å²) in [5, 5.41) is 7.65. The Bertz CT molecular complexity index is 593. The van der Waals surface area contributed by atoms with Crippen LogP contribution in [0.3, 0.4) is 0 Å². The number of aryl methyl sites for hydroxylation is 1. The van der Waals surface area contributed by atoms with E-state index < -0.39 is 0 Å². The third kappa shape index (κ3) is 3.61. The molecule has 1 aliphatic rings. The summed E-state index contributed by atoms with van der Waals surface area (Å²) in [6.45, 7) is 1.43. The lowest BCUT2D eigenvalue weighted by molar-refractivity contribution is 0.305. The summed E-state index contributed by atoms with van der Waals surface area (Å²) in [7, 11) is 1.91. The van der Waals surface area contributed by atoms with Gasteiger partial charge in [0.05, 0.1) is 6.20 Å². The lowest BCUT2D eigenvalue weighted by atomic mass is 10.2. The van der Waals surface area contributed by atoms with E-state index in [1.807, 2.05) is 31.6 Å². The molecule has 1 N–H and O–H groups in total. The predicted octanol–water partition coefficient (Wildman–Crippen LogP) is 3.01. The van der Waals surface area contributed by atoms with Gasteiger partial charge in [-0.2, -0.15) is 5.10 Å². The van der Waals surface area contributed by atoms with Crippen LogP contribution >= 0.6 is 15.9 Å². The van der Waals surface area contributed by atoms with Crippen LogP contribution in [-0.4, -0.2) is 15.8 Å². The van der Waals surface area contributed by atoms with Crippen LogP contribution in [-0.2, 0) is 20.2 Å². The minimum atomic E-state index is 0.547. The largest absolute Gasteiger partial charge is 0.489 e. The maximum atomic E-state index is 5.82. The summed E-state index contributed by atoms with van der Waals surface area (Å²) in [6, 6.07) is 6.83. The molecule has 1 saturated carbocycles. The van der Waals surface area contributed by atoms with Crippen LogP contribution in [0, 0.1) is 0 Å². The Kier molecular flexibility index (Phi) is 4.08. The molecule has 1 aliphatic carbocycles. The highest BCUT2D eigenvalue weighted by Gasteiger charge is 2.20. The number of halogens is 1. The molecule has 0 saturated heterocycles. The summed E-state index contributed by atoms with van der Waals surface area (Å²) in [4.78, 5) is 0. The Morgan fingerprint density at radius 3 is 3.00 bits per heavy atom. The standard InChI is InChI=1S/C15H18BrN3O/c1-19-9-11(7-18-19)10-20-14-4-5-15(16)12(6-14)8-17-13-2-3-13/h4-7,9,13,17H,2-3,8,10H2,1H3. The molecule has 5 heteroatoms. The first kappa shape index (κ1) is 13.6. The Morgan fingerprint density at radius 2 is 2.30 bits per heavy atom. The van der Waals surface area contributed by atoms with Gasteiger partial charge in [0.1, 0.15) is 12.4 Å². The fraction of sp³-hybridized carbons (Fsp3) is 0.400. The molecule has 106 valence electrons. The molecular formula is C15H18BrN3O. The Morgan fingerprint density at radius 1 is 1.45 bits per heavy atom. The molecule has 0 bridgehead atoms. The van der Waals surface area contributed by atoms with Crippen molar-refractivity contribution >= 4 is 15.9 Å². The van der Waals surface area contributed by atoms with E-state index in [-0.39, 0.29) is 0 Å². The second-order valence-corrected chi connectivity index (χ2v) is 6.07. The van der Waals surface area contributed by atoms with Crippen molar-refractivity contribution in [2.75, 3.05) is 0 Å². The summed E-state index contributed by atoms with van der Waals surface area (Å²) in [5.41, 5.74) is 2.31. The van der Waals surface area contributed by atoms with Crippen molar-refractivity contribution in [1.82, 2.24) is 15.1 Å². The molecule has 0 aliphatic heterocycles. The van der Waals surface area contributed by atoms with Crippen molar-refractivity contribution in [3.63, 3.8) is 0 Å². The topological polar surface area (TPSA) is 39.1 Å². The fourth-order valence-corrected chi connectivity index (χ4v) is 2.42. The van der Waals surface area contributed by atoms with Crippen molar-refractivity contribution < 1.29 is 4.74 Å². The van der Waals surface area contributed by atoms with Crippen LogP contribution in [0.5, 0.6) is 5.75 Å². The highest BCUT2D eigenvalue weighted by molar-refractivity contribution is 9.10. The minimum Gasteiger partial charge on any atom is -0.489 e. The Hall–Kier alpha value is -1.33. The van der Waals surface area contributed by atoms with Crippen LogP contribution in [0.2, 0.25) is 0 Å². The molecule has 1 aromatic carbocycles. The predicted molar refractivity (Wildman–Crippen MR) is 81.5 cm³/mol. The molecular weight excluding hydrogens is 318 g/mol. The second-order valence-electron chi connectivity index (χ2n) is 5.22. The van der Waals surface area contributed by atoms with E-state index in [0.717, 1.165) is 22.3 Å². The quantitative estimate of drug-likeness (QED) is 0.881. The number of benzene rings is 1. The molecule has 0 unspecified atom stereocenters. The molecule has 3 rings (SSSR count). The molecule has 1 heterocycles. The van der Waals surface area contributed by atoms with Gasteiger partial charge in [0.2, 0.25) is 0 Å². The zero-order valence-corrected chi connectivity index (χ0v) is 13.1. The molecule has 0 radical (unpaired) electrons. The lowest BCUT2D eigenvalue weighted by Gasteiger charge is -2.10. The number of nitrogens with zero attached hydrogens (tertiary/aromatic N) is 2. The molecule has 20 heavy (non-hydrogen) atoms. The average Bonchev–Trinajstić information content (AvgIpc) is 3.18. The number of rotatable bonds is 6. The molecule has 0 spiro atoms. The van der Waals surface area contributed by atoms with Crippen molar-refractivity contribution in [3.8, 4) is 5.75 Å². The van der Waals surface area contributed by atoms with Gasteiger partial charge in [-0.05, 0) is 36.6 Å². The molecule has 2 aromatic rings. The zero-order chi connectivity index (χ0) is 13.9. The van der Waals surface area contributed by atoms with Gasteiger partial charge in [0.15, 0.2) is 0 Å². The van der Waals surface area contributed by atoms with Gasteiger partial charge >= 0.3 is 0 Å². The van der Waals surface area contributed by atoms with E-state index >= 15 is 0 Å². The van der Waals surface area contributed by atoms with Gasteiger partial charge in [-0.3, -0.25) is 4.68 Å². The van der Waals surface area contributed by atoms with Gasteiger partial charge in [0.25, 0.3) is 0 Å². The van der Waals surface area contributed by atoms with Gasteiger partial charge < -0.3 is 10.1 Å². The van der Waals surface area contributed by atoms with Crippen LogP contribution in [0.15, 0.2) is 35.1 Å². The Balaban J connectivity index is 1.61. The van der Waals surface area contributed by atoms with Crippen molar-refractivity contribution in [2.45, 2.75) is 32.0 Å². The van der Waals surface area contributed by atoms with Crippen LogP contribution in [0.1, 0.15) is 24.0 Å². The number of ether oxygens (including phenoxy) is 1. The summed E-state index contributed by atoms with van der Waals surface area (Å²) in [6.07, 6.45) is 6.40. The maximum Gasteiger partial charge on any atom is 0.120 e. The fourth-order valence-electron chi connectivity index (χ4n) is 2.03. The van der Waals surface area contributed by atoms with E-state index in [2.05, 4.69) is 32.4 Å². The smallest absolute Gasteiger partial charge is 0.120 e. The van der Waals surface area contributed by atoms with Crippen molar-refractivity contribution in [1.29, 1.82) is 0 Å². The minimum absolute atomic E-state index is 0.547. The zero-order valence-electron chi connectivity index (χ0n) is 11.5. The first-order chi connectivity index (χ1) is 9.70. The third-order valence-corrected chi connectivity index (χ3v) is 4.11. The normalized spacial score (nSPS) is 14.5. The van der Waals surface area contributed by atoms with Crippen LogP contribution < -0.4 is 10.1 Å². The highest BCUT2D eigenvalue weighted by Crippen LogP contribution is 2.25. The maximum absolute atomic E-state index is 5.82. The highest BCUT2D eigenvalue weighted by atomic mass is 79.9. The van der Waals surface area contributed by atoms with E-state index in [1.165, 1.54) is 18.4 Å². The number of nitrogens with one attached hydrogen (secondary N) is 1. The van der Waals surface area contributed by atoms with E-state index in [4.69, 9.17) is 4.74 Å². The first-order valence-electron chi connectivity index (χ1n) is 6.83. The monoisotopic (exact) mass is 335 g/mol. The van der Waals surface area contributed by atoms with Crippen molar-refractivity contribution in [3.05, 3.63) is 46.2 Å². The molecule has 0 amide bonds. The molecule has 0 atom stereocenters. The third-order valence-electron chi connectivity index (χ3n) is 3.34. The van der Waals surface area contributed by atoms with Gasteiger partial charge in [-0.15, -0.1) is 0 Å². The van der Waals surface area contributed by atoms with Gasteiger partial charge in [-0.25, -0.2) is 0 Å². The van der Waals surface area contributed by atoms with Crippen LogP contribution in [0.4, 0.5) is 0 Å². The molecule has 1 aromatic heterocycles. The first-order valence-corrected chi connectivity index (χ1v) is 7.62. The average molecular weight is 336 g/mol.